The van der Waals surface area contributed by atoms with E-state index in [-0.39, 0.29) is 17.2 Å². The minimum absolute atomic E-state index is 0.107. The number of aromatic nitrogens is 1. The van der Waals surface area contributed by atoms with Gasteiger partial charge in [-0.25, -0.2) is 17.7 Å². The number of thiazole rings is 1. The van der Waals surface area contributed by atoms with E-state index in [1.165, 1.54) is 37.6 Å². The highest BCUT2D eigenvalue weighted by molar-refractivity contribution is 7.89. The van der Waals surface area contributed by atoms with Crippen molar-refractivity contribution in [3.8, 4) is 0 Å². The molecule has 9 heteroatoms. The van der Waals surface area contributed by atoms with Gasteiger partial charge in [0.1, 0.15) is 0 Å². The van der Waals surface area contributed by atoms with Gasteiger partial charge < -0.3 is 5.32 Å². The molecular weight excluding hydrogens is 442 g/mol. The molecule has 6 nitrogen and oxygen atoms in total. The fraction of sp³-hybridized carbons (Fsp3) is 0.238. The molecule has 2 aromatic carbocycles. The van der Waals surface area contributed by atoms with Crippen molar-refractivity contribution in [1.29, 1.82) is 0 Å². The fourth-order valence-electron chi connectivity index (χ4n) is 2.80. The summed E-state index contributed by atoms with van der Waals surface area (Å²) < 4.78 is 25.8. The molecule has 1 heterocycles. The van der Waals surface area contributed by atoms with Crippen LogP contribution in [-0.2, 0) is 27.7 Å². The highest BCUT2D eigenvalue weighted by Gasteiger charge is 2.19. The number of nitrogens with one attached hydrogen (secondary N) is 1. The normalized spacial score (nSPS) is 11.6. The lowest BCUT2D eigenvalue weighted by molar-refractivity contribution is -0.115. The van der Waals surface area contributed by atoms with Crippen LogP contribution in [0, 0.1) is 6.92 Å². The van der Waals surface area contributed by atoms with Gasteiger partial charge in [0.25, 0.3) is 0 Å². The molecule has 3 rings (SSSR count). The highest BCUT2D eigenvalue weighted by atomic mass is 35.5. The summed E-state index contributed by atoms with van der Waals surface area (Å²) in [5, 5.41) is 6.24. The summed E-state index contributed by atoms with van der Waals surface area (Å²) >= 11 is 7.51. The minimum atomic E-state index is -3.58. The number of sulfonamides is 1. The average Bonchev–Trinajstić information content (AvgIpc) is 3.09. The Hall–Kier alpha value is -2.26. The Morgan fingerprint density at radius 2 is 1.97 bits per heavy atom. The van der Waals surface area contributed by atoms with Crippen LogP contribution in [0.1, 0.15) is 21.8 Å². The first-order valence-electron chi connectivity index (χ1n) is 9.16. The van der Waals surface area contributed by atoms with Crippen molar-refractivity contribution in [2.75, 3.05) is 19.4 Å². The molecule has 1 aromatic heterocycles. The molecule has 0 radical (unpaired) electrons. The summed E-state index contributed by atoms with van der Waals surface area (Å²) in [6, 6.07) is 12.3. The molecule has 0 saturated carbocycles. The predicted molar refractivity (Wildman–Crippen MR) is 121 cm³/mol. The first kappa shape index (κ1) is 22.4. The number of hydrogen-bond acceptors (Lipinski definition) is 5. The maximum atomic E-state index is 12.5. The Bertz CT molecular complexity index is 1170. The number of anilines is 1. The second kappa shape index (κ2) is 9.26. The Balaban J connectivity index is 1.68. The van der Waals surface area contributed by atoms with E-state index in [1.807, 2.05) is 36.6 Å². The lowest BCUT2D eigenvalue weighted by atomic mass is 10.1. The Morgan fingerprint density at radius 3 is 2.67 bits per heavy atom. The summed E-state index contributed by atoms with van der Waals surface area (Å²) in [5.74, 6) is -0.253. The number of carbonyl (C=O) groups is 1. The molecule has 0 aliphatic carbocycles. The Labute approximate surface area is 185 Å². The first-order valence-corrected chi connectivity index (χ1v) is 11.9. The van der Waals surface area contributed by atoms with E-state index in [2.05, 4.69) is 10.3 Å². The van der Waals surface area contributed by atoms with Gasteiger partial charge in [-0.1, -0.05) is 29.8 Å². The van der Waals surface area contributed by atoms with Gasteiger partial charge in [-0.3, -0.25) is 4.79 Å². The van der Waals surface area contributed by atoms with E-state index in [1.54, 1.807) is 6.07 Å². The average molecular weight is 464 g/mol. The topological polar surface area (TPSA) is 79.4 Å². The molecule has 0 aliphatic rings. The molecule has 0 unspecified atom stereocenters. The van der Waals surface area contributed by atoms with Gasteiger partial charge in [0.05, 0.1) is 22.0 Å². The summed E-state index contributed by atoms with van der Waals surface area (Å²) in [5.41, 5.74) is 2.98. The SMILES string of the molecule is Cc1ccc(S(=O)(=O)N(C)C)cc1NC(=O)Cc1csc(Cc2cccc(Cl)c2)n1. The van der Waals surface area contributed by atoms with Gasteiger partial charge >= 0.3 is 0 Å². The number of rotatable bonds is 7. The van der Waals surface area contributed by atoms with Gasteiger partial charge in [-0.15, -0.1) is 11.3 Å². The molecule has 0 saturated heterocycles. The summed E-state index contributed by atoms with van der Waals surface area (Å²) in [6.45, 7) is 1.81. The lowest BCUT2D eigenvalue weighted by Crippen LogP contribution is -2.22. The van der Waals surface area contributed by atoms with Crippen molar-refractivity contribution < 1.29 is 13.2 Å². The van der Waals surface area contributed by atoms with Crippen molar-refractivity contribution in [2.24, 2.45) is 0 Å². The standard InChI is InChI=1S/C21H22ClN3O3S2/c1-14-7-8-18(30(27,28)25(2)3)12-19(14)24-20(26)11-17-13-29-21(23-17)10-15-5-4-6-16(22)9-15/h4-9,12-13H,10-11H2,1-3H3,(H,24,26). The molecule has 158 valence electrons. The molecule has 3 aromatic rings. The maximum absolute atomic E-state index is 12.5. The van der Waals surface area contributed by atoms with Crippen molar-refractivity contribution in [3.05, 3.63) is 74.7 Å². The number of halogens is 1. The van der Waals surface area contributed by atoms with Crippen LogP contribution in [0.2, 0.25) is 5.02 Å². The van der Waals surface area contributed by atoms with Crippen LogP contribution >= 0.6 is 22.9 Å². The van der Waals surface area contributed by atoms with E-state index < -0.39 is 10.0 Å². The number of aryl methyl sites for hydroxylation is 1. The third-order valence-corrected chi connectivity index (χ3v) is 7.39. The van der Waals surface area contributed by atoms with Gasteiger partial charge in [0.15, 0.2) is 0 Å². The van der Waals surface area contributed by atoms with E-state index in [0.29, 0.717) is 22.8 Å². The van der Waals surface area contributed by atoms with Crippen LogP contribution in [0.5, 0.6) is 0 Å². The van der Waals surface area contributed by atoms with Crippen LogP contribution in [0.15, 0.2) is 52.7 Å². The van der Waals surface area contributed by atoms with Gasteiger partial charge in [-0.05, 0) is 42.3 Å². The van der Waals surface area contributed by atoms with Crippen molar-refractivity contribution in [1.82, 2.24) is 9.29 Å². The van der Waals surface area contributed by atoms with Crippen molar-refractivity contribution in [3.63, 3.8) is 0 Å². The van der Waals surface area contributed by atoms with Gasteiger partial charge in [0, 0.05) is 36.6 Å². The number of carbonyl (C=O) groups excluding carboxylic acids is 1. The molecule has 0 fully saturated rings. The lowest BCUT2D eigenvalue weighted by Gasteiger charge is -2.14. The molecule has 0 atom stereocenters. The third-order valence-electron chi connectivity index (χ3n) is 4.45. The van der Waals surface area contributed by atoms with Crippen LogP contribution in [-0.4, -0.2) is 37.7 Å². The van der Waals surface area contributed by atoms with E-state index in [9.17, 15) is 13.2 Å². The smallest absolute Gasteiger partial charge is 0.242 e. The molecule has 1 N–H and O–H groups in total. The molecule has 0 spiro atoms. The molecular formula is C21H22ClN3O3S2. The van der Waals surface area contributed by atoms with Crippen molar-refractivity contribution in [2.45, 2.75) is 24.7 Å². The van der Waals surface area contributed by atoms with Gasteiger partial charge in [0.2, 0.25) is 15.9 Å². The molecule has 1 amide bonds. The second-order valence-corrected chi connectivity index (χ2v) is 10.6. The second-order valence-electron chi connectivity index (χ2n) is 7.03. The first-order chi connectivity index (χ1) is 14.1. The fourth-order valence-corrected chi connectivity index (χ4v) is 4.77. The summed E-state index contributed by atoms with van der Waals surface area (Å²) in [7, 11) is -0.641. The monoisotopic (exact) mass is 463 g/mol. The van der Waals surface area contributed by atoms with E-state index in [4.69, 9.17) is 11.6 Å². The predicted octanol–water partition coefficient (Wildman–Crippen LogP) is 4.13. The Kier molecular flexibility index (Phi) is 6.92. The largest absolute Gasteiger partial charge is 0.325 e. The maximum Gasteiger partial charge on any atom is 0.242 e. The zero-order valence-corrected chi connectivity index (χ0v) is 19.2. The minimum Gasteiger partial charge on any atom is -0.325 e. The quantitative estimate of drug-likeness (QED) is 0.571. The number of benzene rings is 2. The van der Waals surface area contributed by atoms with E-state index in [0.717, 1.165) is 20.4 Å². The van der Waals surface area contributed by atoms with Crippen LogP contribution in [0.3, 0.4) is 0 Å². The molecule has 30 heavy (non-hydrogen) atoms. The zero-order valence-electron chi connectivity index (χ0n) is 16.8. The number of amides is 1. The highest BCUT2D eigenvalue weighted by Crippen LogP contribution is 2.23. The van der Waals surface area contributed by atoms with Crippen LogP contribution < -0.4 is 5.32 Å². The number of hydrogen-bond donors (Lipinski definition) is 1. The number of nitrogens with zero attached hydrogens (tertiary/aromatic N) is 2. The van der Waals surface area contributed by atoms with Crippen LogP contribution in [0.25, 0.3) is 0 Å². The summed E-state index contributed by atoms with van der Waals surface area (Å²) in [6.07, 6.45) is 0.756. The third kappa shape index (κ3) is 5.46. The van der Waals surface area contributed by atoms with E-state index >= 15 is 0 Å². The summed E-state index contributed by atoms with van der Waals surface area (Å²) in [4.78, 5) is 17.2. The molecule has 0 aliphatic heterocycles. The van der Waals surface area contributed by atoms with Gasteiger partial charge in [-0.2, -0.15) is 0 Å². The van der Waals surface area contributed by atoms with Crippen molar-refractivity contribution >= 4 is 44.6 Å². The van der Waals surface area contributed by atoms with Crippen LogP contribution in [0.4, 0.5) is 5.69 Å². The zero-order chi connectivity index (χ0) is 21.9. The Morgan fingerprint density at radius 1 is 1.20 bits per heavy atom. The molecule has 0 bridgehead atoms.